The van der Waals surface area contributed by atoms with Crippen molar-refractivity contribution in [2.24, 2.45) is 0 Å². The molecule has 0 aromatic rings. The first-order valence-corrected chi connectivity index (χ1v) is 26.6. The van der Waals surface area contributed by atoms with E-state index in [1.165, 1.54) is 109 Å². The van der Waals surface area contributed by atoms with Crippen LogP contribution in [0.4, 0.5) is 0 Å². The maximum absolute atomic E-state index is 12.7. The van der Waals surface area contributed by atoms with Crippen LogP contribution in [-0.2, 0) is 28.6 Å². The zero-order chi connectivity index (χ0) is 46.5. The van der Waals surface area contributed by atoms with Gasteiger partial charge in [0.1, 0.15) is 13.2 Å². The Hall–Kier alpha value is -3.41. The van der Waals surface area contributed by atoms with Crippen molar-refractivity contribution < 1.29 is 28.6 Å². The first-order chi connectivity index (χ1) is 31.5. The number of unbranched alkanes of at least 4 members (excludes halogenated alkanes) is 23. The summed E-state index contributed by atoms with van der Waals surface area (Å²) in [6.07, 6.45) is 67.4. The predicted molar refractivity (Wildman–Crippen MR) is 274 cm³/mol. The van der Waals surface area contributed by atoms with Gasteiger partial charge < -0.3 is 14.2 Å². The van der Waals surface area contributed by atoms with Crippen LogP contribution in [0.5, 0.6) is 0 Å². The topological polar surface area (TPSA) is 78.9 Å². The van der Waals surface area contributed by atoms with Gasteiger partial charge in [-0.25, -0.2) is 0 Å². The van der Waals surface area contributed by atoms with Gasteiger partial charge in [0.25, 0.3) is 0 Å². The molecule has 6 heteroatoms. The van der Waals surface area contributed by atoms with Crippen molar-refractivity contribution in [2.45, 2.75) is 252 Å². The molecule has 0 saturated heterocycles. The molecule has 0 amide bonds. The van der Waals surface area contributed by atoms with E-state index in [2.05, 4.69) is 93.7 Å². The molecule has 0 heterocycles. The second-order valence-corrected chi connectivity index (χ2v) is 17.4. The van der Waals surface area contributed by atoms with Crippen LogP contribution in [0, 0.1) is 0 Å². The van der Waals surface area contributed by atoms with Crippen LogP contribution in [-0.4, -0.2) is 37.2 Å². The SMILES string of the molecule is CC/C=C\C/C=C\C/C=C\C/C=C\C/C=C\CC(=O)OC(COC(=O)CCCCCCC/C=C\C/C=C\CCCC)COC(=O)CCCCCCCCCCCCCCCCCCC. The molecule has 0 radical (unpaired) electrons. The Kier molecular flexibility index (Phi) is 49.4. The van der Waals surface area contributed by atoms with Gasteiger partial charge in [-0.1, -0.05) is 241 Å². The largest absolute Gasteiger partial charge is 0.462 e. The highest BCUT2D eigenvalue weighted by atomic mass is 16.6. The van der Waals surface area contributed by atoms with Gasteiger partial charge in [-0.2, -0.15) is 0 Å². The van der Waals surface area contributed by atoms with Gasteiger partial charge in [-0.05, 0) is 70.6 Å². The van der Waals surface area contributed by atoms with Crippen molar-refractivity contribution in [2.75, 3.05) is 13.2 Å². The summed E-state index contributed by atoms with van der Waals surface area (Å²) < 4.78 is 16.7. The summed E-state index contributed by atoms with van der Waals surface area (Å²) in [5.74, 6) is -1.06. The molecule has 0 bridgehead atoms. The fraction of sp³-hybridized carbons (Fsp3) is 0.707. The van der Waals surface area contributed by atoms with E-state index in [0.717, 1.165) is 96.3 Å². The average molecular weight is 891 g/mol. The Morgan fingerprint density at radius 3 is 1.08 bits per heavy atom. The fourth-order valence-electron chi connectivity index (χ4n) is 7.18. The quantitative estimate of drug-likeness (QED) is 0.0262. The lowest BCUT2D eigenvalue weighted by molar-refractivity contribution is -0.166. The third-order valence-electron chi connectivity index (χ3n) is 11.2. The number of carbonyl (C=O) groups is 3. The van der Waals surface area contributed by atoms with Gasteiger partial charge in [-0.3, -0.25) is 14.4 Å². The van der Waals surface area contributed by atoms with Crippen LogP contribution < -0.4 is 0 Å². The van der Waals surface area contributed by atoms with Crippen LogP contribution >= 0.6 is 0 Å². The molecule has 0 aliphatic heterocycles. The van der Waals surface area contributed by atoms with Gasteiger partial charge in [0.05, 0.1) is 6.42 Å². The standard InChI is InChI=1S/C58H98O6/c1-4-7-10-13-16-19-22-25-28-29-31-33-36-39-42-45-48-51-57(60)63-54-55(53-62-56(59)50-47-44-41-38-35-32-27-24-21-18-15-12-9-6-3)64-58(61)52-49-46-43-40-37-34-30-26-23-20-17-14-11-8-5-2/h8,11,15,17-18,20,24,26-27,30,37,40,46,49,55H,4-7,9-10,12-14,16,19,21-23,25,28-29,31-36,38-39,41-45,47-48,50-54H2,1-3H3/b11-8-,18-15-,20-17-,27-24-,30-26-,40-37-,49-46-. The number of ether oxygens (including phenoxy) is 3. The minimum atomic E-state index is -0.835. The number of hydrogen-bond acceptors (Lipinski definition) is 6. The lowest BCUT2D eigenvalue weighted by Crippen LogP contribution is -2.30. The van der Waals surface area contributed by atoms with Crippen molar-refractivity contribution >= 4 is 17.9 Å². The van der Waals surface area contributed by atoms with Gasteiger partial charge in [-0.15, -0.1) is 0 Å². The van der Waals surface area contributed by atoms with Crippen molar-refractivity contribution in [3.8, 4) is 0 Å². The Morgan fingerprint density at radius 2 is 0.672 bits per heavy atom. The highest BCUT2D eigenvalue weighted by Crippen LogP contribution is 2.15. The van der Waals surface area contributed by atoms with E-state index in [1.54, 1.807) is 6.08 Å². The summed E-state index contributed by atoms with van der Waals surface area (Å²) >= 11 is 0. The molecule has 0 aliphatic rings. The summed E-state index contributed by atoms with van der Waals surface area (Å²) in [5, 5.41) is 0. The molecule has 0 saturated carbocycles. The number of hydrogen-bond donors (Lipinski definition) is 0. The minimum Gasteiger partial charge on any atom is -0.462 e. The number of esters is 3. The molecule has 0 fully saturated rings. The van der Waals surface area contributed by atoms with E-state index in [0.29, 0.717) is 12.8 Å². The van der Waals surface area contributed by atoms with Crippen molar-refractivity contribution in [1.82, 2.24) is 0 Å². The Balaban J connectivity index is 4.49. The molecule has 366 valence electrons. The van der Waals surface area contributed by atoms with Crippen molar-refractivity contribution in [1.29, 1.82) is 0 Å². The molecule has 1 unspecified atom stereocenters. The predicted octanol–water partition coefficient (Wildman–Crippen LogP) is 17.6. The van der Waals surface area contributed by atoms with Crippen LogP contribution in [0.2, 0.25) is 0 Å². The number of rotatable bonds is 47. The zero-order valence-corrected chi connectivity index (χ0v) is 41.8. The monoisotopic (exact) mass is 891 g/mol. The third kappa shape index (κ3) is 49.6. The summed E-state index contributed by atoms with van der Waals surface area (Å²) in [6.45, 7) is 6.40. The van der Waals surface area contributed by atoms with E-state index in [9.17, 15) is 14.4 Å². The molecule has 0 aromatic heterocycles. The summed E-state index contributed by atoms with van der Waals surface area (Å²) in [5.41, 5.74) is 0. The van der Waals surface area contributed by atoms with Crippen LogP contribution in [0.3, 0.4) is 0 Å². The first-order valence-electron chi connectivity index (χ1n) is 26.6. The molecule has 1 atom stereocenters. The smallest absolute Gasteiger partial charge is 0.310 e. The summed E-state index contributed by atoms with van der Waals surface area (Å²) in [4.78, 5) is 38.0. The van der Waals surface area contributed by atoms with Gasteiger partial charge in [0.15, 0.2) is 6.10 Å². The molecule has 6 nitrogen and oxygen atoms in total. The average Bonchev–Trinajstić information content (AvgIpc) is 3.29. The lowest BCUT2D eigenvalue weighted by atomic mass is 10.0. The second kappa shape index (κ2) is 52.2. The first kappa shape index (κ1) is 60.6. The third-order valence-corrected chi connectivity index (χ3v) is 11.2. The Bertz CT molecular complexity index is 1250. The van der Waals surface area contributed by atoms with E-state index in [1.807, 2.05) is 6.08 Å². The number of allylic oxidation sites excluding steroid dienone is 13. The minimum absolute atomic E-state index is 0.0943. The summed E-state index contributed by atoms with van der Waals surface area (Å²) in [7, 11) is 0. The van der Waals surface area contributed by atoms with E-state index >= 15 is 0 Å². The lowest BCUT2D eigenvalue weighted by Gasteiger charge is -2.18. The molecule has 64 heavy (non-hydrogen) atoms. The van der Waals surface area contributed by atoms with Gasteiger partial charge >= 0.3 is 17.9 Å². The normalized spacial score (nSPS) is 12.7. The Morgan fingerprint density at radius 1 is 0.344 bits per heavy atom. The Labute approximate surface area is 395 Å². The van der Waals surface area contributed by atoms with Crippen LogP contribution in [0.15, 0.2) is 85.1 Å². The van der Waals surface area contributed by atoms with Crippen molar-refractivity contribution in [3.63, 3.8) is 0 Å². The molecule has 0 spiro atoms. The molecular formula is C58H98O6. The molecule has 0 rings (SSSR count). The molecule has 0 aliphatic carbocycles. The maximum atomic E-state index is 12.7. The second-order valence-electron chi connectivity index (χ2n) is 17.4. The molecular weight excluding hydrogens is 793 g/mol. The van der Waals surface area contributed by atoms with E-state index < -0.39 is 12.1 Å². The van der Waals surface area contributed by atoms with Gasteiger partial charge in [0.2, 0.25) is 0 Å². The molecule has 0 aromatic carbocycles. The fourth-order valence-corrected chi connectivity index (χ4v) is 7.18. The van der Waals surface area contributed by atoms with Gasteiger partial charge in [0, 0.05) is 12.8 Å². The van der Waals surface area contributed by atoms with Crippen LogP contribution in [0.1, 0.15) is 245 Å². The summed E-state index contributed by atoms with van der Waals surface area (Å²) in [6, 6.07) is 0. The van der Waals surface area contributed by atoms with E-state index in [-0.39, 0.29) is 31.6 Å². The van der Waals surface area contributed by atoms with Crippen molar-refractivity contribution in [3.05, 3.63) is 85.1 Å². The highest BCUT2D eigenvalue weighted by Gasteiger charge is 2.19. The molecule has 0 N–H and O–H groups in total. The van der Waals surface area contributed by atoms with E-state index in [4.69, 9.17) is 14.2 Å². The maximum Gasteiger partial charge on any atom is 0.310 e. The zero-order valence-electron chi connectivity index (χ0n) is 41.8. The van der Waals surface area contributed by atoms with Crippen LogP contribution in [0.25, 0.3) is 0 Å². The number of carbonyl (C=O) groups excluding carboxylic acids is 3. The highest BCUT2D eigenvalue weighted by molar-refractivity contribution is 5.72.